The molecule has 174 valence electrons. The van der Waals surface area contributed by atoms with Gasteiger partial charge in [0.2, 0.25) is 5.91 Å². The van der Waals surface area contributed by atoms with E-state index < -0.39 is 0 Å². The molecule has 2 fully saturated rings. The van der Waals surface area contributed by atoms with E-state index in [1.54, 1.807) is 30.4 Å². The number of ether oxygens (including phenoxy) is 1. The third-order valence-electron chi connectivity index (χ3n) is 6.57. The first-order valence-electron chi connectivity index (χ1n) is 11.7. The Morgan fingerprint density at radius 3 is 2.70 bits per heavy atom. The van der Waals surface area contributed by atoms with Crippen LogP contribution in [0.2, 0.25) is 0 Å². The molecule has 1 saturated carbocycles. The van der Waals surface area contributed by atoms with Crippen molar-refractivity contribution >= 4 is 17.2 Å². The molecule has 1 unspecified atom stereocenters. The van der Waals surface area contributed by atoms with Gasteiger partial charge in [0.15, 0.2) is 0 Å². The summed E-state index contributed by atoms with van der Waals surface area (Å²) in [6.07, 6.45) is 7.37. The SMILES string of the molecule is CC(=O)NC(c1csc(-c2cnn(CCC3CC3)c2-c2ccc(F)cc2)n1)C1CCOCC1. The molecule has 1 aliphatic heterocycles. The Kier molecular flexibility index (Phi) is 6.55. The predicted molar refractivity (Wildman–Crippen MR) is 126 cm³/mol. The van der Waals surface area contributed by atoms with Crippen LogP contribution in [-0.2, 0) is 16.1 Å². The van der Waals surface area contributed by atoms with E-state index in [4.69, 9.17) is 9.72 Å². The van der Waals surface area contributed by atoms with Crippen LogP contribution in [0, 0.1) is 17.7 Å². The Bertz CT molecular complexity index is 1100. The molecule has 5 rings (SSSR count). The number of benzene rings is 1. The van der Waals surface area contributed by atoms with Gasteiger partial charge in [0.05, 0.1) is 29.2 Å². The maximum Gasteiger partial charge on any atom is 0.217 e. The van der Waals surface area contributed by atoms with E-state index >= 15 is 0 Å². The molecule has 2 aliphatic rings. The number of thiazole rings is 1. The molecule has 33 heavy (non-hydrogen) atoms. The zero-order valence-electron chi connectivity index (χ0n) is 18.8. The van der Waals surface area contributed by atoms with Gasteiger partial charge in [0, 0.05) is 37.6 Å². The summed E-state index contributed by atoms with van der Waals surface area (Å²) in [5.74, 6) is 0.787. The normalized spacial score (nSPS) is 17.8. The lowest BCUT2D eigenvalue weighted by Crippen LogP contribution is -2.35. The molecule has 0 radical (unpaired) electrons. The summed E-state index contributed by atoms with van der Waals surface area (Å²) in [6, 6.07) is 6.46. The third kappa shape index (κ3) is 5.17. The van der Waals surface area contributed by atoms with Gasteiger partial charge in [-0.1, -0.05) is 12.8 Å². The quantitative estimate of drug-likeness (QED) is 0.492. The molecule has 1 aliphatic carbocycles. The highest BCUT2D eigenvalue weighted by molar-refractivity contribution is 7.13. The first-order chi connectivity index (χ1) is 16.1. The van der Waals surface area contributed by atoms with Crippen molar-refractivity contribution in [2.45, 2.75) is 51.6 Å². The molecule has 1 aromatic carbocycles. The lowest BCUT2D eigenvalue weighted by Gasteiger charge is -2.29. The number of nitrogens with one attached hydrogen (secondary N) is 1. The minimum Gasteiger partial charge on any atom is -0.381 e. The van der Waals surface area contributed by atoms with E-state index in [1.165, 1.54) is 25.0 Å². The number of rotatable bonds is 8. The number of hydrogen-bond acceptors (Lipinski definition) is 5. The summed E-state index contributed by atoms with van der Waals surface area (Å²) in [4.78, 5) is 16.9. The van der Waals surface area contributed by atoms with Gasteiger partial charge in [0.1, 0.15) is 10.8 Å². The van der Waals surface area contributed by atoms with Gasteiger partial charge < -0.3 is 10.1 Å². The molecule has 1 amide bonds. The second-order valence-electron chi connectivity index (χ2n) is 9.07. The van der Waals surface area contributed by atoms with E-state index in [2.05, 4.69) is 10.4 Å². The molecule has 3 heterocycles. The van der Waals surface area contributed by atoms with Gasteiger partial charge in [0.25, 0.3) is 0 Å². The summed E-state index contributed by atoms with van der Waals surface area (Å²) in [5, 5.41) is 10.7. The van der Waals surface area contributed by atoms with Crippen LogP contribution < -0.4 is 5.32 Å². The fraction of sp³-hybridized carbons (Fsp3) is 0.480. The van der Waals surface area contributed by atoms with Crippen molar-refractivity contribution < 1.29 is 13.9 Å². The molecule has 2 aromatic heterocycles. The third-order valence-corrected chi connectivity index (χ3v) is 7.46. The maximum atomic E-state index is 13.6. The molecular formula is C25H29FN4O2S. The largest absolute Gasteiger partial charge is 0.381 e. The van der Waals surface area contributed by atoms with Crippen molar-refractivity contribution in [1.82, 2.24) is 20.1 Å². The number of halogens is 1. The molecule has 0 bridgehead atoms. The van der Waals surface area contributed by atoms with E-state index in [9.17, 15) is 9.18 Å². The molecule has 1 atom stereocenters. The van der Waals surface area contributed by atoms with Gasteiger partial charge in [-0.05, 0) is 55.4 Å². The Morgan fingerprint density at radius 1 is 1.24 bits per heavy atom. The van der Waals surface area contributed by atoms with E-state index in [0.717, 1.165) is 59.2 Å². The van der Waals surface area contributed by atoms with Crippen molar-refractivity contribution in [3.05, 3.63) is 47.4 Å². The smallest absolute Gasteiger partial charge is 0.217 e. The number of carbonyl (C=O) groups excluding carboxylic acids is 1. The summed E-state index contributed by atoms with van der Waals surface area (Å²) in [5.41, 5.74) is 3.73. The van der Waals surface area contributed by atoms with E-state index in [1.807, 2.05) is 16.3 Å². The fourth-order valence-electron chi connectivity index (χ4n) is 4.59. The van der Waals surface area contributed by atoms with Crippen molar-refractivity contribution in [3.8, 4) is 21.8 Å². The Labute approximate surface area is 197 Å². The lowest BCUT2D eigenvalue weighted by atomic mass is 9.90. The molecule has 1 N–H and O–H groups in total. The van der Waals surface area contributed by atoms with Crippen LogP contribution in [0.3, 0.4) is 0 Å². The van der Waals surface area contributed by atoms with Gasteiger partial charge >= 0.3 is 0 Å². The van der Waals surface area contributed by atoms with Crippen molar-refractivity contribution in [1.29, 1.82) is 0 Å². The first-order valence-corrected chi connectivity index (χ1v) is 12.6. The number of carbonyl (C=O) groups is 1. The highest BCUT2D eigenvalue weighted by atomic mass is 32.1. The highest BCUT2D eigenvalue weighted by Gasteiger charge is 2.29. The van der Waals surface area contributed by atoms with Crippen molar-refractivity contribution in [2.24, 2.45) is 11.8 Å². The Hall–Kier alpha value is -2.58. The predicted octanol–water partition coefficient (Wildman–Crippen LogP) is 5.22. The minimum absolute atomic E-state index is 0.0547. The number of hydrogen-bond donors (Lipinski definition) is 1. The molecule has 0 spiro atoms. The zero-order chi connectivity index (χ0) is 22.8. The van der Waals surface area contributed by atoms with Gasteiger partial charge in [-0.3, -0.25) is 9.48 Å². The summed E-state index contributed by atoms with van der Waals surface area (Å²) >= 11 is 1.56. The standard InChI is InChI=1S/C25H29FN4O2S/c1-16(31)28-23(18-9-12-32-13-10-18)22-15-33-25(29-22)21-14-27-30(11-8-17-2-3-17)24(21)19-4-6-20(26)7-5-19/h4-7,14-15,17-18,23H,2-3,8-13H2,1H3,(H,28,31). The summed E-state index contributed by atoms with van der Waals surface area (Å²) in [7, 11) is 0. The van der Waals surface area contributed by atoms with E-state index in [-0.39, 0.29) is 17.8 Å². The van der Waals surface area contributed by atoms with Gasteiger partial charge in [-0.2, -0.15) is 5.10 Å². The monoisotopic (exact) mass is 468 g/mol. The zero-order valence-corrected chi connectivity index (χ0v) is 19.6. The van der Waals surface area contributed by atoms with Crippen LogP contribution in [0.5, 0.6) is 0 Å². The molecule has 8 heteroatoms. The summed E-state index contributed by atoms with van der Waals surface area (Å²) < 4.78 is 21.2. The first kappa shape index (κ1) is 22.2. The van der Waals surface area contributed by atoms with Crippen LogP contribution in [0.4, 0.5) is 4.39 Å². The lowest BCUT2D eigenvalue weighted by molar-refractivity contribution is -0.120. The molecule has 1 saturated heterocycles. The van der Waals surface area contributed by atoms with E-state index in [0.29, 0.717) is 19.1 Å². The van der Waals surface area contributed by atoms with Crippen LogP contribution in [0.1, 0.15) is 50.8 Å². The Morgan fingerprint density at radius 2 is 2.00 bits per heavy atom. The molecule has 3 aromatic rings. The number of amides is 1. The number of nitrogens with zero attached hydrogens (tertiary/aromatic N) is 3. The van der Waals surface area contributed by atoms with Gasteiger partial charge in [-0.25, -0.2) is 9.37 Å². The summed E-state index contributed by atoms with van der Waals surface area (Å²) in [6.45, 7) is 3.81. The second-order valence-corrected chi connectivity index (χ2v) is 9.93. The second kappa shape index (κ2) is 9.73. The number of aromatic nitrogens is 3. The van der Waals surface area contributed by atoms with Crippen molar-refractivity contribution in [3.63, 3.8) is 0 Å². The van der Waals surface area contributed by atoms with Crippen LogP contribution in [0.15, 0.2) is 35.8 Å². The van der Waals surface area contributed by atoms with Crippen LogP contribution in [0.25, 0.3) is 21.8 Å². The molecular weight excluding hydrogens is 439 g/mol. The average Bonchev–Trinajstić information content (AvgIpc) is 3.36. The minimum atomic E-state index is -0.254. The number of aryl methyl sites for hydroxylation is 1. The van der Waals surface area contributed by atoms with Crippen LogP contribution in [-0.4, -0.2) is 33.9 Å². The van der Waals surface area contributed by atoms with Crippen LogP contribution >= 0.6 is 11.3 Å². The average molecular weight is 469 g/mol. The van der Waals surface area contributed by atoms with Crippen molar-refractivity contribution in [2.75, 3.05) is 13.2 Å². The highest BCUT2D eigenvalue weighted by Crippen LogP contribution is 2.38. The Balaban J connectivity index is 1.48. The van der Waals surface area contributed by atoms with Gasteiger partial charge in [-0.15, -0.1) is 11.3 Å². The molecule has 6 nitrogen and oxygen atoms in total. The fourth-order valence-corrected chi connectivity index (χ4v) is 5.46. The maximum absolute atomic E-state index is 13.6. The topological polar surface area (TPSA) is 69.0 Å².